The van der Waals surface area contributed by atoms with Crippen molar-refractivity contribution in [1.29, 1.82) is 0 Å². The molecule has 0 aromatic heterocycles. The van der Waals surface area contributed by atoms with Crippen LogP contribution < -0.4 is 5.32 Å². The van der Waals surface area contributed by atoms with Crippen LogP contribution in [0.25, 0.3) is 0 Å². The lowest BCUT2D eigenvalue weighted by molar-refractivity contribution is 0.208. The molecule has 8 heteroatoms. The van der Waals surface area contributed by atoms with Crippen molar-refractivity contribution in [1.82, 2.24) is 10.2 Å². The summed E-state index contributed by atoms with van der Waals surface area (Å²) in [6.07, 6.45) is 0.416. The normalized spacial score (nSPS) is 17.3. The molecule has 1 unspecified atom stereocenters. The van der Waals surface area contributed by atoms with E-state index in [-0.39, 0.29) is 17.5 Å². The standard InChI is InChI=1S/C18H18Cl2N2O3S/c19-14-3-1-13(2-4-14)11-21-18(23)22-10-9-17(12-22)26(24,25)16-7-5-15(20)6-8-16/h1-8,17H,9-12H2,(H,21,23). The molecule has 3 rings (SSSR count). The van der Waals surface area contributed by atoms with E-state index in [1.807, 2.05) is 12.1 Å². The highest BCUT2D eigenvalue weighted by Crippen LogP contribution is 2.25. The first kappa shape index (κ1) is 19.0. The van der Waals surface area contributed by atoms with Gasteiger partial charge < -0.3 is 10.2 Å². The minimum atomic E-state index is -3.49. The maximum atomic E-state index is 12.7. The van der Waals surface area contributed by atoms with Gasteiger partial charge in [-0.15, -0.1) is 0 Å². The molecular formula is C18H18Cl2N2O3S. The zero-order valence-electron chi connectivity index (χ0n) is 13.9. The highest BCUT2D eigenvalue weighted by atomic mass is 35.5. The Balaban J connectivity index is 1.59. The van der Waals surface area contributed by atoms with E-state index in [2.05, 4.69) is 5.32 Å². The number of urea groups is 1. The lowest BCUT2D eigenvalue weighted by Crippen LogP contribution is -2.39. The molecule has 0 bridgehead atoms. The molecule has 2 aromatic rings. The summed E-state index contributed by atoms with van der Waals surface area (Å²) < 4.78 is 25.4. The summed E-state index contributed by atoms with van der Waals surface area (Å²) in [7, 11) is -3.49. The summed E-state index contributed by atoms with van der Waals surface area (Å²) in [5, 5.41) is 3.32. The first-order valence-corrected chi connectivity index (χ1v) is 10.4. The first-order valence-electron chi connectivity index (χ1n) is 8.13. The van der Waals surface area contributed by atoms with E-state index in [1.54, 1.807) is 24.3 Å². The van der Waals surface area contributed by atoms with Crippen molar-refractivity contribution < 1.29 is 13.2 Å². The number of benzene rings is 2. The number of nitrogens with zero attached hydrogens (tertiary/aromatic N) is 1. The Hall–Kier alpha value is -1.76. The fourth-order valence-electron chi connectivity index (χ4n) is 2.87. The van der Waals surface area contributed by atoms with Gasteiger partial charge in [0.25, 0.3) is 0 Å². The highest BCUT2D eigenvalue weighted by Gasteiger charge is 2.36. The topological polar surface area (TPSA) is 66.5 Å². The zero-order chi connectivity index (χ0) is 18.7. The van der Waals surface area contributed by atoms with Crippen LogP contribution in [0.3, 0.4) is 0 Å². The molecule has 0 radical (unpaired) electrons. The van der Waals surface area contributed by atoms with E-state index in [4.69, 9.17) is 23.2 Å². The van der Waals surface area contributed by atoms with Crippen molar-refractivity contribution >= 4 is 39.1 Å². The molecule has 0 aliphatic carbocycles. The monoisotopic (exact) mass is 412 g/mol. The summed E-state index contributed by atoms with van der Waals surface area (Å²) in [4.78, 5) is 14.1. The van der Waals surface area contributed by atoms with Gasteiger partial charge in [0.05, 0.1) is 10.1 Å². The number of hydrogen-bond donors (Lipinski definition) is 1. The van der Waals surface area contributed by atoms with E-state index in [9.17, 15) is 13.2 Å². The van der Waals surface area contributed by atoms with Gasteiger partial charge in [-0.25, -0.2) is 13.2 Å². The lowest BCUT2D eigenvalue weighted by Gasteiger charge is -2.17. The number of halogens is 2. The quantitative estimate of drug-likeness (QED) is 0.830. The zero-order valence-corrected chi connectivity index (χ0v) is 16.2. The molecular weight excluding hydrogens is 395 g/mol. The van der Waals surface area contributed by atoms with Crippen LogP contribution in [0.15, 0.2) is 53.4 Å². The largest absolute Gasteiger partial charge is 0.334 e. The summed E-state index contributed by atoms with van der Waals surface area (Å²) in [5.74, 6) is 0. The Morgan fingerprint density at radius 2 is 1.62 bits per heavy atom. The van der Waals surface area contributed by atoms with Crippen molar-refractivity contribution in [2.45, 2.75) is 23.1 Å². The molecule has 5 nitrogen and oxygen atoms in total. The Labute approximate surface area is 162 Å². The molecule has 2 amide bonds. The molecule has 1 fully saturated rings. The van der Waals surface area contributed by atoms with Crippen LogP contribution in [0, 0.1) is 0 Å². The van der Waals surface area contributed by atoms with E-state index in [0.717, 1.165) is 5.56 Å². The molecule has 138 valence electrons. The third-order valence-corrected chi connectivity index (χ3v) is 7.07. The Morgan fingerprint density at radius 1 is 1.04 bits per heavy atom. The van der Waals surface area contributed by atoms with Crippen LogP contribution in [0.4, 0.5) is 4.79 Å². The predicted octanol–water partition coefficient (Wildman–Crippen LogP) is 3.75. The molecule has 2 aromatic carbocycles. The summed E-state index contributed by atoms with van der Waals surface area (Å²) >= 11 is 11.7. The van der Waals surface area contributed by atoms with Crippen molar-refractivity contribution in [2.75, 3.05) is 13.1 Å². The molecule has 0 spiro atoms. The van der Waals surface area contributed by atoms with Gasteiger partial charge in [0, 0.05) is 29.7 Å². The van der Waals surface area contributed by atoms with Crippen LogP contribution in [-0.2, 0) is 16.4 Å². The second-order valence-electron chi connectivity index (χ2n) is 6.14. The fraction of sp³-hybridized carbons (Fsp3) is 0.278. The average molecular weight is 413 g/mol. The van der Waals surface area contributed by atoms with E-state index < -0.39 is 15.1 Å². The second-order valence-corrected chi connectivity index (χ2v) is 9.24. The Kier molecular flexibility index (Phi) is 5.75. The molecule has 26 heavy (non-hydrogen) atoms. The lowest BCUT2D eigenvalue weighted by atomic mass is 10.2. The maximum Gasteiger partial charge on any atom is 0.317 e. The van der Waals surface area contributed by atoms with Gasteiger partial charge in [-0.3, -0.25) is 0 Å². The minimum Gasteiger partial charge on any atom is -0.334 e. The van der Waals surface area contributed by atoms with Gasteiger partial charge in [0.1, 0.15) is 0 Å². The van der Waals surface area contributed by atoms with Crippen LogP contribution in [-0.4, -0.2) is 37.7 Å². The predicted molar refractivity (Wildman–Crippen MR) is 102 cm³/mol. The van der Waals surface area contributed by atoms with Gasteiger partial charge in [0.2, 0.25) is 0 Å². The van der Waals surface area contributed by atoms with Gasteiger partial charge in [0.15, 0.2) is 9.84 Å². The molecule has 1 saturated heterocycles. The summed E-state index contributed by atoms with van der Waals surface area (Å²) in [5.41, 5.74) is 0.923. The molecule has 1 aliphatic rings. The molecule has 1 aliphatic heterocycles. The summed E-state index contributed by atoms with van der Waals surface area (Å²) in [6, 6.07) is 13.0. The van der Waals surface area contributed by atoms with Gasteiger partial charge in [-0.1, -0.05) is 35.3 Å². The van der Waals surface area contributed by atoms with Crippen molar-refractivity contribution in [2.24, 2.45) is 0 Å². The number of rotatable bonds is 4. The molecule has 1 N–H and O–H groups in total. The Morgan fingerprint density at radius 3 is 2.23 bits per heavy atom. The molecule has 1 atom stereocenters. The van der Waals surface area contributed by atoms with Crippen LogP contribution in [0.2, 0.25) is 10.0 Å². The van der Waals surface area contributed by atoms with E-state index >= 15 is 0 Å². The number of hydrogen-bond acceptors (Lipinski definition) is 3. The van der Waals surface area contributed by atoms with Crippen molar-refractivity contribution in [3.8, 4) is 0 Å². The van der Waals surface area contributed by atoms with Crippen LogP contribution in [0.5, 0.6) is 0 Å². The summed E-state index contributed by atoms with van der Waals surface area (Å²) in [6.45, 7) is 0.947. The smallest absolute Gasteiger partial charge is 0.317 e. The molecule has 1 heterocycles. The fourth-order valence-corrected chi connectivity index (χ4v) is 4.82. The second kappa shape index (κ2) is 7.86. The van der Waals surface area contributed by atoms with Gasteiger partial charge in [-0.05, 0) is 48.4 Å². The maximum absolute atomic E-state index is 12.7. The third-order valence-electron chi connectivity index (χ3n) is 4.37. The van der Waals surface area contributed by atoms with Gasteiger partial charge >= 0.3 is 6.03 Å². The van der Waals surface area contributed by atoms with E-state index in [0.29, 0.717) is 29.6 Å². The van der Waals surface area contributed by atoms with E-state index in [1.165, 1.54) is 17.0 Å². The van der Waals surface area contributed by atoms with Crippen LogP contribution >= 0.6 is 23.2 Å². The first-order chi connectivity index (χ1) is 12.4. The molecule has 0 saturated carbocycles. The number of carbonyl (C=O) groups excluding carboxylic acids is 1. The average Bonchev–Trinajstić information content (AvgIpc) is 3.12. The number of likely N-dealkylation sites (tertiary alicyclic amines) is 1. The van der Waals surface area contributed by atoms with Crippen molar-refractivity contribution in [3.05, 3.63) is 64.1 Å². The van der Waals surface area contributed by atoms with Gasteiger partial charge in [-0.2, -0.15) is 0 Å². The number of carbonyl (C=O) groups is 1. The van der Waals surface area contributed by atoms with Crippen LogP contribution in [0.1, 0.15) is 12.0 Å². The highest BCUT2D eigenvalue weighted by molar-refractivity contribution is 7.92. The number of nitrogens with one attached hydrogen (secondary N) is 1. The number of sulfone groups is 1. The SMILES string of the molecule is O=C(NCc1ccc(Cl)cc1)N1CCC(S(=O)(=O)c2ccc(Cl)cc2)C1. The third kappa shape index (κ3) is 4.31. The number of amides is 2. The van der Waals surface area contributed by atoms with Crippen molar-refractivity contribution in [3.63, 3.8) is 0 Å². The minimum absolute atomic E-state index is 0.178. The Bertz CT molecular complexity index is 884.